The molecule has 6 nitrogen and oxygen atoms in total. The number of carbonyl (C=O) groups is 2. The molecule has 0 spiro atoms. The second kappa shape index (κ2) is 7.97. The van der Waals surface area contributed by atoms with Crippen LogP contribution in [0.5, 0.6) is 0 Å². The molecule has 0 saturated carbocycles. The quantitative estimate of drug-likeness (QED) is 0.885. The van der Waals surface area contributed by atoms with Gasteiger partial charge in [-0.25, -0.2) is 4.79 Å². The molecule has 126 valence electrons. The molecule has 1 fully saturated rings. The van der Waals surface area contributed by atoms with Gasteiger partial charge in [0.05, 0.1) is 0 Å². The Morgan fingerprint density at radius 1 is 1.17 bits per heavy atom. The molecule has 0 aliphatic carbocycles. The number of amides is 3. The topological polar surface area (TPSA) is 64.7 Å². The fraction of sp³-hybridized carbons (Fsp3) is 0.529. The largest absolute Gasteiger partial charge is 0.339 e. The van der Waals surface area contributed by atoms with Gasteiger partial charge in [-0.3, -0.25) is 4.79 Å². The lowest BCUT2D eigenvalue weighted by Gasteiger charge is -2.36. The van der Waals surface area contributed by atoms with Crippen LogP contribution in [0.25, 0.3) is 0 Å². The van der Waals surface area contributed by atoms with Gasteiger partial charge in [-0.1, -0.05) is 19.1 Å². The molecule has 3 amide bonds. The van der Waals surface area contributed by atoms with Crippen molar-refractivity contribution in [1.29, 1.82) is 0 Å². The molecule has 0 radical (unpaired) electrons. The van der Waals surface area contributed by atoms with Crippen molar-refractivity contribution in [3.8, 4) is 0 Å². The van der Waals surface area contributed by atoms with Gasteiger partial charge in [0.25, 0.3) is 0 Å². The van der Waals surface area contributed by atoms with Crippen LogP contribution in [-0.2, 0) is 4.79 Å². The van der Waals surface area contributed by atoms with E-state index in [1.807, 2.05) is 50.1 Å². The molecular formula is C17H26N4O2. The number of nitrogens with zero attached hydrogens (tertiary/aromatic N) is 2. The highest BCUT2D eigenvalue weighted by atomic mass is 16.2. The smallest absolute Gasteiger partial charge is 0.321 e. The van der Waals surface area contributed by atoms with Gasteiger partial charge in [0.15, 0.2) is 0 Å². The highest BCUT2D eigenvalue weighted by Gasteiger charge is 2.26. The molecule has 1 heterocycles. The average molecular weight is 318 g/mol. The summed E-state index contributed by atoms with van der Waals surface area (Å²) in [4.78, 5) is 28.2. The summed E-state index contributed by atoms with van der Waals surface area (Å²) < 4.78 is 0. The summed E-state index contributed by atoms with van der Waals surface area (Å²) in [5, 5.41) is 5.94. The Morgan fingerprint density at radius 2 is 1.83 bits per heavy atom. The molecule has 1 aliphatic rings. The van der Waals surface area contributed by atoms with Gasteiger partial charge in [-0.2, -0.15) is 0 Å². The molecule has 2 N–H and O–H groups in total. The Morgan fingerprint density at radius 3 is 2.43 bits per heavy atom. The second-order valence-electron chi connectivity index (χ2n) is 6.07. The van der Waals surface area contributed by atoms with E-state index in [-0.39, 0.29) is 17.9 Å². The van der Waals surface area contributed by atoms with Crippen molar-refractivity contribution in [2.45, 2.75) is 13.8 Å². The maximum Gasteiger partial charge on any atom is 0.321 e. The molecule has 0 aromatic heterocycles. The summed E-state index contributed by atoms with van der Waals surface area (Å²) in [6.07, 6.45) is 0. The van der Waals surface area contributed by atoms with Crippen LogP contribution < -0.4 is 10.6 Å². The minimum Gasteiger partial charge on any atom is -0.339 e. The van der Waals surface area contributed by atoms with Crippen LogP contribution in [0.2, 0.25) is 0 Å². The van der Waals surface area contributed by atoms with E-state index in [0.717, 1.165) is 11.3 Å². The average Bonchev–Trinajstić information content (AvgIpc) is 2.54. The summed E-state index contributed by atoms with van der Waals surface area (Å²) in [5.74, 6) is 0.116. The van der Waals surface area contributed by atoms with Crippen molar-refractivity contribution in [2.24, 2.45) is 5.92 Å². The van der Waals surface area contributed by atoms with Crippen LogP contribution in [0.15, 0.2) is 24.3 Å². The maximum atomic E-state index is 12.3. The summed E-state index contributed by atoms with van der Waals surface area (Å²) in [6, 6.07) is 7.63. The van der Waals surface area contributed by atoms with Gasteiger partial charge in [0.1, 0.15) is 0 Å². The standard InChI is InChI=1S/C17H26N4O2/c1-13-5-4-6-15(11-13)19-17(23)21-9-7-20(8-10-21)16(22)14(2)12-18-3/h4-6,11,14,18H,7-10,12H2,1-3H3,(H,19,23). The van der Waals surface area contributed by atoms with Crippen molar-refractivity contribution in [2.75, 3.05) is 45.1 Å². The van der Waals surface area contributed by atoms with E-state index < -0.39 is 0 Å². The monoisotopic (exact) mass is 318 g/mol. The van der Waals surface area contributed by atoms with E-state index in [4.69, 9.17) is 0 Å². The van der Waals surface area contributed by atoms with Gasteiger partial charge >= 0.3 is 6.03 Å². The van der Waals surface area contributed by atoms with Crippen LogP contribution >= 0.6 is 0 Å². The summed E-state index contributed by atoms with van der Waals surface area (Å²) in [5.41, 5.74) is 1.91. The first-order valence-electron chi connectivity index (χ1n) is 8.07. The first kappa shape index (κ1) is 17.3. The van der Waals surface area contributed by atoms with Crippen LogP contribution in [0, 0.1) is 12.8 Å². The van der Waals surface area contributed by atoms with Crippen LogP contribution in [0.3, 0.4) is 0 Å². The number of piperazine rings is 1. The van der Waals surface area contributed by atoms with E-state index in [2.05, 4.69) is 10.6 Å². The molecule has 1 saturated heterocycles. The van der Waals surface area contributed by atoms with Crippen molar-refractivity contribution < 1.29 is 9.59 Å². The lowest BCUT2D eigenvalue weighted by Crippen LogP contribution is -2.53. The molecule has 1 atom stereocenters. The van der Waals surface area contributed by atoms with Gasteiger partial charge in [0, 0.05) is 44.3 Å². The predicted octanol–water partition coefficient (Wildman–Crippen LogP) is 1.53. The van der Waals surface area contributed by atoms with Gasteiger partial charge in [-0.05, 0) is 31.7 Å². The van der Waals surface area contributed by atoms with Crippen molar-refractivity contribution in [3.63, 3.8) is 0 Å². The number of nitrogens with one attached hydrogen (secondary N) is 2. The third-order valence-corrected chi connectivity index (χ3v) is 4.08. The minimum absolute atomic E-state index is 0.0346. The minimum atomic E-state index is -0.106. The molecular weight excluding hydrogens is 292 g/mol. The normalized spacial score (nSPS) is 16.1. The number of anilines is 1. The third-order valence-electron chi connectivity index (χ3n) is 4.08. The maximum absolute atomic E-state index is 12.3. The Hall–Kier alpha value is -2.08. The lowest BCUT2D eigenvalue weighted by molar-refractivity contribution is -0.136. The van der Waals surface area contributed by atoms with Crippen LogP contribution in [0.4, 0.5) is 10.5 Å². The second-order valence-corrected chi connectivity index (χ2v) is 6.07. The highest BCUT2D eigenvalue weighted by molar-refractivity contribution is 5.89. The summed E-state index contributed by atoms with van der Waals surface area (Å²) >= 11 is 0. The third kappa shape index (κ3) is 4.69. The molecule has 2 rings (SSSR count). The zero-order chi connectivity index (χ0) is 16.8. The fourth-order valence-corrected chi connectivity index (χ4v) is 2.76. The summed E-state index contributed by atoms with van der Waals surface area (Å²) in [7, 11) is 1.84. The molecule has 1 unspecified atom stereocenters. The first-order chi connectivity index (χ1) is 11.0. The molecule has 6 heteroatoms. The number of urea groups is 1. The van der Waals surface area contributed by atoms with E-state index in [1.54, 1.807) is 4.90 Å². The number of hydrogen-bond donors (Lipinski definition) is 2. The molecule has 1 aliphatic heterocycles. The van der Waals surface area contributed by atoms with Gasteiger partial charge in [-0.15, -0.1) is 0 Å². The number of benzene rings is 1. The Kier molecular flexibility index (Phi) is 5.98. The first-order valence-corrected chi connectivity index (χ1v) is 8.07. The lowest BCUT2D eigenvalue weighted by atomic mass is 10.1. The van der Waals surface area contributed by atoms with E-state index in [1.165, 1.54) is 0 Å². The van der Waals surface area contributed by atoms with E-state index in [0.29, 0.717) is 32.7 Å². The Balaban J connectivity index is 1.84. The number of rotatable bonds is 4. The van der Waals surface area contributed by atoms with E-state index in [9.17, 15) is 9.59 Å². The molecule has 1 aromatic rings. The van der Waals surface area contributed by atoms with Crippen LogP contribution in [0.1, 0.15) is 12.5 Å². The molecule has 23 heavy (non-hydrogen) atoms. The van der Waals surface area contributed by atoms with Crippen molar-refractivity contribution >= 4 is 17.6 Å². The number of carbonyl (C=O) groups excluding carboxylic acids is 2. The molecule has 0 bridgehead atoms. The molecule has 1 aromatic carbocycles. The van der Waals surface area contributed by atoms with Gasteiger partial charge in [0.2, 0.25) is 5.91 Å². The van der Waals surface area contributed by atoms with Crippen LogP contribution in [-0.4, -0.2) is 61.5 Å². The Bertz CT molecular complexity index is 553. The van der Waals surface area contributed by atoms with E-state index >= 15 is 0 Å². The fourth-order valence-electron chi connectivity index (χ4n) is 2.76. The summed E-state index contributed by atoms with van der Waals surface area (Å²) in [6.45, 7) is 6.91. The number of aryl methyl sites for hydroxylation is 1. The zero-order valence-electron chi connectivity index (χ0n) is 14.1. The van der Waals surface area contributed by atoms with Gasteiger partial charge < -0.3 is 20.4 Å². The number of hydrogen-bond acceptors (Lipinski definition) is 3. The highest BCUT2D eigenvalue weighted by Crippen LogP contribution is 2.12. The zero-order valence-corrected chi connectivity index (χ0v) is 14.1. The van der Waals surface area contributed by atoms with Crippen molar-refractivity contribution in [3.05, 3.63) is 29.8 Å². The predicted molar refractivity (Wildman–Crippen MR) is 91.4 cm³/mol. The Labute approximate surface area is 137 Å². The van der Waals surface area contributed by atoms with Crippen molar-refractivity contribution in [1.82, 2.24) is 15.1 Å². The SMILES string of the molecule is CNCC(C)C(=O)N1CCN(C(=O)Nc2cccc(C)c2)CC1.